The van der Waals surface area contributed by atoms with Crippen LogP contribution in [0.5, 0.6) is 5.75 Å². The summed E-state index contributed by atoms with van der Waals surface area (Å²) >= 11 is 0. The second-order valence-electron chi connectivity index (χ2n) is 8.92. The van der Waals surface area contributed by atoms with Crippen molar-refractivity contribution in [3.05, 3.63) is 65.7 Å². The summed E-state index contributed by atoms with van der Waals surface area (Å²) in [6, 6.07) is 16.0. The van der Waals surface area contributed by atoms with Crippen molar-refractivity contribution in [2.75, 3.05) is 26.2 Å². The van der Waals surface area contributed by atoms with Crippen LogP contribution in [-0.2, 0) is 9.59 Å². The zero-order valence-corrected chi connectivity index (χ0v) is 18.2. The monoisotopic (exact) mass is 434 g/mol. The maximum absolute atomic E-state index is 13.5. The molecule has 0 saturated carbocycles. The first-order valence-corrected chi connectivity index (χ1v) is 11.5. The lowest BCUT2D eigenvalue weighted by Crippen LogP contribution is -2.63. The molecule has 0 radical (unpaired) electrons. The number of fused-ring (bicyclic) bond motifs is 2. The molecule has 32 heavy (non-hydrogen) atoms. The van der Waals surface area contributed by atoms with Crippen LogP contribution >= 0.6 is 0 Å². The number of nitrogens with two attached hydrogens (primary N) is 1. The molecule has 168 valence electrons. The Hall–Kier alpha value is -2.90. The van der Waals surface area contributed by atoms with Gasteiger partial charge in [-0.15, -0.1) is 0 Å². The molecule has 3 aliphatic rings. The van der Waals surface area contributed by atoms with Crippen LogP contribution in [0.3, 0.4) is 0 Å². The highest BCUT2D eigenvalue weighted by atomic mass is 16.5. The summed E-state index contributed by atoms with van der Waals surface area (Å²) in [5.41, 5.74) is 8.12. The van der Waals surface area contributed by atoms with E-state index in [9.17, 15) is 9.59 Å². The number of nitrogens with one attached hydrogen (secondary N) is 1. The van der Waals surface area contributed by atoms with E-state index >= 15 is 0 Å². The highest BCUT2D eigenvalue weighted by Crippen LogP contribution is 2.32. The number of carbonyl (C=O) groups is 2. The Morgan fingerprint density at radius 2 is 1.81 bits per heavy atom. The quantitative estimate of drug-likeness (QED) is 0.769. The van der Waals surface area contributed by atoms with Crippen LogP contribution in [0.2, 0.25) is 0 Å². The molecular formula is C25H30N4O3. The predicted octanol–water partition coefficient (Wildman–Crippen LogP) is 2.00. The van der Waals surface area contributed by atoms with E-state index in [1.54, 1.807) is 4.90 Å². The molecule has 0 bridgehead atoms. The topological polar surface area (TPSA) is 87.9 Å². The fourth-order valence-electron chi connectivity index (χ4n) is 5.23. The lowest BCUT2D eigenvalue weighted by atomic mass is 9.98. The van der Waals surface area contributed by atoms with Gasteiger partial charge in [0.15, 0.2) is 0 Å². The van der Waals surface area contributed by atoms with Crippen LogP contribution in [0.25, 0.3) is 0 Å². The van der Waals surface area contributed by atoms with E-state index < -0.39 is 12.1 Å². The van der Waals surface area contributed by atoms with Gasteiger partial charge in [0.25, 0.3) is 0 Å². The summed E-state index contributed by atoms with van der Waals surface area (Å²) < 4.78 is 5.74. The van der Waals surface area contributed by atoms with Crippen LogP contribution in [0, 0.1) is 0 Å². The first-order chi connectivity index (χ1) is 15.6. The summed E-state index contributed by atoms with van der Waals surface area (Å²) in [6.07, 6.45) is 2.85. The molecule has 2 amide bonds. The predicted molar refractivity (Wildman–Crippen MR) is 121 cm³/mol. The van der Waals surface area contributed by atoms with Crippen molar-refractivity contribution >= 4 is 11.8 Å². The molecule has 5 rings (SSSR count). The largest absolute Gasteiger partial charge is 0.493 e. The number of hydrogen-bond acceptors (Lipinski definition) is 5. The van der Waals surface area contributed by atoms with Gasteiger partial charge in [-0.25, -0.2) is 0 Å². The normalized spacial score (nSPS) is 25.9. The van der Waals surface area contributed by atoms with Crippen molar-refractivity contribution in [3.8, 4) is 5.75 Å². The third-order valence-corrected chi connectivity index (χ3v) is 6.98. The average molecular weight is 435 g/mol. The van der Waals surface area contributed by atoms with Crippen molar-refractivity contribution in [1.29, 1.82) is 0 Å². The van der Waals surface area contributed by atoms with E-state index in [4.69, 9.17) is 10.5 Å². The summed E-state index contributed by atoms with van der Waals surface area (Å²) in [6.45, 7) is 2.63. The molecule has 0 aromatic heterocycles. The van der Waals surface area contributed by atoms with Gasteiger partial charge < -0.3 is 20.7 Å². The van der Waals surface area contributed by atoms with Crippen molar-refractivity contribution in [3.63, 3.8) is 0 Å². The third kappa shape index (κ3) is 3.98. The van der Waals surface area contributed by atoms with Crippen LogP contribution in [0.1, 0.15) is 42.5 Å². The fourth-order valence-corrected chi connectivity index (χ4v) is 5.23. The molecular weight excluding hydrogens is 404 g/mol. The minimum atomic E-state index is -0.775. The SMILES string of the molecule is N[C@H](C(=O)N1C[C@H]2CCCN2CC1C(=O)N[C@@H]1CCOc2ccccc21)c1ccccc1. The van der Waals surface area contributed by atoms with E-state index in [1.807, 2.05) is 54.6 Å². The zero-order chi connectivity index (χ0) is 22.1. The van der Waals surface area contributed by atoms with Gasteiger partial charge in [0.1, 0.15) is 17.8 Å². The molecule has 3 N–H and O–H groups in total. The Bertz CT molecular complexity index is 982. The highest BCUT2D eigenvalue weighted by Gasteiger charge is 2.43. The molecule has 2 fully saturated rings. The van der Waals surface area contributed by atoms with Crippen LogP contribution in [-0.4, -0.2) is 59.9 Å². The highest BCUT2D eigenvalue weighted by molar-refractivity contribution is 5.91. The van der Waals surface area contributed by atoms with Gasteiger partial charge in [0.2, 0.25) is 11.8 Å². The number of ether oxygens (including phenoxy) is 1. The molecule has 3 aliphatic heterocycles. The summed E-state index contributed by atoms with van der Waals surface area (Å²) in [7, 11) is 0. The van der Waals surface area contributed by atoms with E-state index in [1.165, 1.54) is 0 Å². The molecule has 3 heterocycles. The van der Waals surface area contributed by atoms with Crippen LogP contribution in [0.15, 0.2) is 54.6 Å². The van der Waals surface area contributed by atoms with Crippen molar-refractivity contribution in [1.82, 2.24) is 15.1 Å². The second kappa shape index (κ2) is 8.92. The van der Waals surface area contributed by atoms with Crippen LogP contribution in [0.4, 0.5) is 0 Å². The Balaban J connectivity index is 1.37. The summed E-state index contributed by atoms with van der Waals surface area (Å²) in [5.74, 6) is 0.507. The smallest absolute Gasteiger partial charge is 0.244 e. The number of para-hydroxylation sites is 1. The second-order valence-corrected chi connectivity index (χ2v) is 8.92. The minimum Gasteiger partial charge on any atom is -0.493 e. The first-order valence-electron chi connectivity index (χ1n) is 11.5. The lowest BCUT2D eigenvalue weighted by Gasteiger charge is -2.44. The lowest BCUT2D eigenvalue weighted by molar-refractivity contribution is -0.146. The maximum atomic E-state index is 13.5. The Morgan fingerprint density at radius 3 is 2.66 bits per heavy atom. The Labute approximate surface area is 188 Å². The van der Waals surface area contributed by atoms with E-state index in [-0.39, 0.29) is 17.9 Å². The standard InChI is InChI=1S/C25H30N4O3/c26-23(17-7-2-1-3-8-17)25(31)29-15-18-9-6-13-28(18)16-21(29)24(30)27-20-12-14-32-22-11-5-4-10-19(20)22/h1-5,7-8,10-11,18,20-21,23H,6,9,12-16,26H2,(H,27,30)/t18-,20-,21?,23+/m1/s1. The third-order valence-electron chi connectivity index (χ3n) is 6.98. The van der Waals surface area contributed by atoms with Crippen molar-refractivity contribution < 1.29 is 14.3 Å². The first kappa shape index (κ1) is 21.0. The minimum absolute atomic E-state index is 0.120. The van der Waals surface area contributed by atoms with Gasteiger partial charge in [-0.1, -0.05) is 48.5 Å². The summed E-state index contributed by atoms with van der Waals surface area (Å²) in [4.78, 5) is 31.1. The molecule has 4 atom stereocenters. The van der Waals surface area contributed by atoms with Gasteiger partial charge in [-0.05, 0) is 31.0 Å². The number of hydrogen-bond donors (Lipinski definition) is 2. The number of rotatable bonds is 4. The average Bonchev–Trinajstić information content (AvgIpc) is 3.31. The van der Waals surface area contributed by atoms with Crippen molar-refractivity contribution in [2.24, 2.45) is 5.73 Å². The molecule has 0 aliphatic carbocycles. The number of amides is 2. The Kier molecular flexibility index (Phi) is 5.85. The molecule has 0 spiro atoms. The molecule has 7 nitrogen and oxygen atoms in total. The van der Waals surface area contributed by atoms with E-state index in [2.05, 4.69) is 10.2 Å². The van der Waals surface area contributed by atoms with E-state index in [0.29, 0.717) is 32.2 Å². The van der Waals surface area contributed by atoms with Crippen molar-refractivity contribution in [2.45, 2.75) is 43.4 Å². The fraction of sp³-hybridized carbons (Fsp3) is 0.440. The molecule has 2 aromatic rings. The van der Waals surface area contributed by atoms with Gasteiger partial charge >= 0.3 is 0 Å². The maximum Gasteiger partial charge on any atom is 0.244 e. The van der Waals surface area contributed by atoms with Gasteiger partial charge in [0.05, 0.1) is 12.6 Å². The van der Waals surface area contributed by atoms with Gasteiger partial charge in [-0.2, -0.15) is 0 Å². The molecule has 2 aromatic carbocycles. The number of benzene rings is 2. The summed E-state index contributed by atoms with van der Waals surface area (Å²) in [5, 5.41) is 3.21. The number of nitrogens with zero attached hydrogens (tertiary/aromatic N) is 2. The number of piperazine rings is 1. The van der Waals surface area contributed by atoms with E-state index in [0.717, 1.165) is 36.3 Å². The molecule has 1 unspecified atom stereocenters. The van der Waals surface area contributed by atoms with Gasteiger partial charge in [-0.3, -0.25) is 14.5 Å². The molecule has 7 heteroatoms. The molecule has 2 saturated heterocycles. The van der Waals surface area contributed by atoms with Crippen LogP contribution < -0.4 is 15.8 Å². The zero-order valence-electron chi connectivity index (χ0n) is 18.2. The Morgan fingerprint density at radius 1 is 1.03 bits per heavy atom. The number of carbonyl (C=O) groups excluding carboxylic acids is 2. The van der Waals surface area contributed by atoms with Gasteiger partial charge in [0, 0.05) is 31.1 Å².